The number of fused-ring (bicyclic) bond motifs is 6. The summed E-state index contributed by atoms with van der Waals surface area (Å²) >= 11 is 1.87. The quantitative estimate of drug-likeness (QED) is 0.153. The second-order valence-corrected chi connectivity index (χ2v) is 18.2. The predicted molar refractivity (Wildman–Crippen MR) is 285 cm³/mol. The Balaban J connectivity index is 0.988. The summed E-state index contributed by atoms with van der Waals surface area (Å²) in [5.41, 5.74) is 15.3. The van der Waals surface area contributed by atoms with Crippen molar-refractivity contribution in [1.29, 1.82) is 0 Å². The van der Waals surface area contributed by atoms with Gasteiger partial charge in [-0.25, -0.2) is 15.0 Å². The number of hydrogen-bond donors (Lipinski definition) is 0. The van der Waals surface area contributed by atoms with Gasteiger partial charge in [-0.2, -0.15) is 0 Å². The first-order chi connectivity index (χ1) is 33.7. The fourth-order valence-electron chi connectivity index (χ4n) is 9.74. The van der Waals surface area contributed by atoms with Crippen LogP contribution in [0.25, 0.3) is 126 Å². The summed E-state index contributed by atoms with van der Waals surface area (Å²) in [5, 5.41) is 5.01. The molecule has 318 valence electrons. The summed E-state index contributed by atoms with van der Waals surface area (Å²) in [6, 6.07) is 86.4. The number of hydrogen-bond acceptors (Lipinski definition) is 4. The topological polar surface area (TPSA) is 43.6 Å². The minimum Gasteiger partial charge on any atom is -0.309 e. The van der Waals surface area contributed by atoms with Crippen LogP contribution in [0, 0.1) is 0 Å². The Bertz CT molecular complexity index is 3890. The van der Waals surface area contributed by atoms with Gasteiger partial charge in [0.05, 0.1) is 16.7 Å². The lowest BCUT2D eigenvalue weighted by atomic mass is 9.99. The van der Waals surface area contributed by atoms with Crippen molar-refractivity contribution < 1.29 is 0 Å². The molecule has 0 amide bonds. The minimum atomic E-state index is 0.606. The van der Waals surface area contributed by atoms with Gasteiger partial charge >= 0.3 is 0 Å². The third kappa shape index (κ3) is 6.96. The van der Waals surface area contributed by atoms with Gasteiger partial charge in [-0.15, -0.1) is 11.3 Å². The predicted octanol–water partition coefficient (Wildman–Crippen LogP) is 17.0. The van der Waals surface area contributed by atoms with Crippen LogP contribution in [0.4, 0.5) is 0 Å². The fourth-order valence-corrected chi connectivity index (χ4v) is 11.0. The van der Waals surface area contributed by atoms with E-state index in [2.05, 4.69) is 235 Å². The molecule has 0 aliphatic rings. The SMILES string of the molecule is c1ccc(-c2ccc(-c3nc(-c4ccc(-c5ccccc5)cc4)nc(-c4ccc(-n5c6ccccc6c6ccc(-c7cccc8c7sc7ccccc78)cc65)c(-c5ccccc5)c4)n3)cc2)cc1. The molecule has 13 aromatic rings. The smallest absolute Gasteiger partial charge is 0.164 e. The van der Waals surface area contributed by atoms with Crippen molar-refractivity contribution in [3.05, 3.63) is 243 Å². The lowest BCUT2D eigenvalue weighted by molar-refractivity contribution is 1.07. The van der Waals surface area contributed by atoms with E-state index in [0.29, 0.717) is 17.5 Å². The maximum Gasteiger partial charge on any atom is 0.164 e. The first kappa shape index (κ1) is 39.6. The standard InChI is InChI=1S/C63H40N4S/c1-4-15-41(16-5-1)43-27-31-46(32-28-43)61-64-62(47-33-29-44(30-34-47)42-17-6-2-7-18-42)66-63(65-61)49-36-38-57(55(39-49)45-19-8-3-9-20-45)67-56-25-12-10-21-51(56)52-37-35-48(40-58(52)67)50-23-14-24-54-53-22-11-13-26-59(53)68-60(50)54/h1-40H. The minimum absolute atomic E-state index is 0.606. The number of para-hydroxylation sites is 1. The molecule has 10 aromatic carbocycles. The van der Waals surface area contributed by atoms with Crippen LogP contribution in [0.2, 0.25) is 0 Å². The summed E-state index contributed by atoms with van der Waals surface area (Å²) in [6.07, 6.45) is 0. The molecule has 0 N–H and O–H groups in total. The van der Waals surface area contributed by atoms with Crippen molar-refractivity contribution >= 4 is 53.3 Å². The van der Waals surface area contributed by atoms with Crippen LogP contribution in [0.5, 0.6) is 0 Å². The van der Waals surface area contributed by atoms with Gasteiger partial charge in [0.15, 0.2) is 17.5 Å². The van der Waals surface area contributed by atoms with Gasteiger partial charge in [-0.1, -0.05) is 206 Å². The molecule has 5 heteroatoms. The number of nitrogens with zero attached hydrogens (tertiary/aromatic N) is 4. The number of thiophene rings is 1. The van der Waals surface area contributed by atoms with Gasteiger partial charge in [-0.3, -0.25) is 0 Å². The van der Waals surface area contributed by atoms with E-state index in [4.69, 9.17) is 15.0 Å². The van der Waals surface area contributed by atoms with Crippen molar-refractivity contribution in [2.24, 2.45) is 0 Å². The van der Waals surface area contributed by atoms with E-state index in [-0.39, 0.29) is 0 Å². The van der Waals surface area contributed by atoms with Crippen LogP contribution in [0.3, 0.4) is 0 Å². The largest absolute Gasteiger partial charge is 0.309 e. The highest BCUT2D eigenvalue weighted by molar-refractivity contribution is 7.26. The van der Waals surface area contributed by atoms with Crippen LogP contribution < -0.4 is 0 Å². The molecule has 4 nitrogen and oxygen atoms in total. The first-order valence-corrected chi connectivity index (χ1v) is 23.7. The summed E-state index contributed by atoms with van der Waals surface area (Å²) < 4.78 is 5.05. The average molecular weight is 885 g/mol. The lowest BCUT2D eigenvalue weighted by Gasteiger charge is -2.16. The zero-order valence-electron chi connectivity index (χ0n) is 36.8. The molecule has 3 aromatic heterocycles. The van der Waals surface area contributed by atoms with E-state index in [9.17, 15) is 0 Å². The molecule has 0 saturated carbocycles. The van der Waals surface area contributed by atoms with Crippen LogP contribution in [-0.2, 0) is 0 Å². The highest BCUT2D eigenvalue weighted by atomic mass is 32.1. The maximum absolute atomic E-state index is 5.25. The van der Waals surface area contributed by atoms with Crippen molar-refractivity contribution in [2.75, 3.05) is 0 Å². The molecule has 13 rings (SSSR count). The van der Waals surface area contributed by atoms with E-state index >= 15 is 0 Å². The third-order valence-corrected chi connectivity index (χ3v) is 14.3. The first-order valence-electron chi connectivity index (χ1n) is 22.9. The Hall–Kier alpha value is -8.77. The Kier molecular flexibility index (Phi) is 9.66. The Morgan fingerprint density at radius 3 is 1.40 bits per heavy atom. The van der Waals surface area contributed by atoms with Crippen molar-refractivity contribution in [3.8, 4) is 84.4 Å². The van der Waals surface area contributed by atoms with Crippen molar-refractivity contribution in [2.45, 2.75) is 0 Å². The highest BCUT2D eigenvalue weighted by Crippen LogP contribution is 2.43. The lowest BCUT2D eigenvalue weighted by Crippen LogP contribution is -2.02. The van der Waals surface area contributed by atoms with Gasteiger partial charge in [0, 0.05) is 53.2 Å². The van der Waals surface area contributed by atoms with Crippen LogP contribution >= 0.6 is 11.3 Å². The molecule has 0 spiro atoms. The third-order valence-electron chi connectivity index (χ3n) is 13.1. The van der Waals surface area contributed by atoms with E-state index in [1.807, 2.05) is 23.5 Å². The summed E-state index contributed by atoms with van der Waals surface area (Å²) in [7, 11) is 0. The van der Waals surface area contributed by atoms with E-state index in [1.165, 1.54) is 42.1 Å². The number of benzene rings is 10. The molecule has 0 aliphatic heterocycles. The number of rotatable bonds is 8. The van der Waals surface area contributed by atoms with Gasteiger partial charge in [0.2, 0.25) is 0 Å². The summed E-state index contributed by atoms with van der Waals surface area (Å²) in [5.74, 6) is 1.84. The monoisotopic (exact) mass is 884 g/mol. The Morgan fingerprint density at radius 2 is 0.750 bits per heavy atom. The maximum atomic E-state index is 5.25. The zero-order valence-corrected chi connectivity index (χ0v) is 37.6. The van der Waals surface area contributed by atoms with Crippen LogP contribution in [0.15, 0.2) is 243 Å². The number of aromatic nitrogens is 4. The molecular formula is C63H40N4S. The van der Waals surface area contributed by atoms with Crippen LogP contribution in [-0.4, -0.2) is 19.5 Å². The molecule has 3 heterocycles. The van der Waals surface area contributed by atoms with E-state index in [1.54, 1.807) is 0 Å². The second-order valence-electron chi connectivity index (χ2n) is 17.2. The van der Waals surface area contributed by atoms with Gasteiger partial charge in [0.25, 0.3) is 0 Å². The van der Waals surface area contributed by atoms with Gasteiger partial charge < -0.3 is 4.57 Å². The molecule has 0 fully saturated rings. The van der Waals surface area contributed by atoms with E-state index < -0.39 is 0 Å². The molecule has 0 bridgehead atoms. The van der Waals surface area contributed by atoms with Gasteiger partial charge in [-0.05, 0) is 75.3 Å². The van der Waals surface area contributed by atoms with Crippen LogP contribution in [0.1, 0.15) is 0 Å². The molecule has 0 unspecified atom stereocenters. The molecule has 68 heavy (non-hydrogen) atoms. The highest BCUT2D eigenvalue weighted by Gasteiger charge is 2.20. The van der Waals surface area contributed by atoms with Crippen molar-refractivity contribution in [3.63, 3.8) is 0 Å². The Morgan fingerprint density at radius 1 is 0.279 bits per heavy atom. The molecule has 0 radical (unpaired) electrons. The summed E-state index contributed by atoms with van der Waals surface area (Å²) in [6.45, 7) is 0. The summed E-state index contributed by atoms with van der Waals surface area (Å²) in [4.78, 5) is 15.7. The molecule has 0 aliphatic carbocycles. The molecule has 0 atom stereocenters. The Labute approximate surface area is 397 Å². The fraction of sp³-hybridized carbons (Fsp3) is 0. The molecular weight excluding hydrogens is 845 g/mol. The molecule has 0 saturated heterocycles. The zero-order chi connectivity index (χ0) is 45.0. The van der Waals surface area contributed by atoms with Crippen molar-refractivity contribution in [1.82, 2.24) is 19.5 Å². The van der Waals surface area contributed by atoms with Gasteiger partial charge in [0.1, 0.15) is 0 Å². The second kappa shape index (κ2) is 16.6. The van der Waals surface area contributed by atoms with E-state index in [0.717, 1.165) is 66.8 Å². The normalized spacial score (nSPS) is 11.5. The average Bonchev–Trinajstić information content (AvgIpc) is 3.97.